The van der Waals surface area contributed by atoms with Gasteiger partial charge in [-0.3, -0.25) is 4.79 Å². The molecular formula is C21H25N2O+. The van der Waals surface area contributed by atoms with Gasteiger partial charge >= 0.3 is 0 Å². The second-order valence-electron chi connectivity index (χ2n) is 7.30. The zero-order chi connectivity index (χ0) is 17.2. The van der Waals surface area contributed by atoms with Gasteiger partial charge in [-0.05, 0) is 18.1 Å². The maximum atomic E-state index is 12.8. The quantitative estimate of drug-likeness (QED) is 0.773. The number of rotatable bonds is 5. The molecule has 0 bridgehead atoms. The third-order valence-corrected chi connectivity index (χ3v) is 4.34. The van der Waals surface area contributed by atoms with E-state index in [1.165, 1.54) is 5.56 Å². The zero-order valence-electron chi connectivity index (χ0n) is 14.7. The third kappa shape index (κ3) is 3.57. The first-order valence-corrected chi connectivity index (χ1v) is 8.41. The first-order chi connectivity index (χ1) is 11.5. The topological polar surface area (TPSA) is 20.3 Å². The summed E-state index contributed by atoms with van der Waals surface area (Å²) in [6.07, 6.45) is 3.02. The van der Waals surface area contributed by atoms with Crippen molar-refractivity contribution in [1.82, 2.24) is 4.90 Å². The zero-order valence-corrected chi connectivity index (χ0v) is 14.7. The van der Waals surface area contributed by atoms with Crippen LogP contribution in [0.5, 0.6) is 0 Å². The van der Waals surface area contributed by atoms with Crippen LogP contribution in [0.15, 0.2) is 60.7 Å². The van der Waals surface area contributed by atoms with E-state index in [4.69, 9.17) is 0 Å². The maximum Gasteiger partial charge on any atom is 0.259 e. The van der Waals surface area contributed by atoms with Crippen molar-refractivity contribution >= 4 is 11.6 Å². The van der Waals surface area contributed by atoms with E-state index in [1.54, 1.807) is 0 Å². The minimum absolute atomic E-state index is 0.123. The molecule has 0 unspecified atom stereocenters. The Kier molecular flexibility index (Phi) is 4.54. The van der Waals surface area contributed by atoms with E-state index in [9.17, 15) is 4.79 Å². The molecule has 124 valence electrons. The molecule has 2 aromatic carbocycles. The lowest BCUT2D eigenvalue weighted by Crippen LogP contribution is -2.41. The van der Waals surface area contributed by atoms with Gasteiger partial charge in [0.2, 0.25) is 0 Å². The number of hydrogen-bond donors (Lipinski definition) is 0. The summed E-state index contributed by atoms with van der Waals surface area (Å²) in [6.45, 7) is 1.65. The number of carbonyl (C=O) groups is 1. The number of hydrogen-bond acceptors (Lipinski definition) is 1. The van der Waals surface area contributed by atoms with E-state index < -0.39 is 0 Å². The molecule has 0 spiro atoms. The number of allylic oxidation sites excluding steroid dienone is 1. The smallest absolute Gasteiger partial charge is 0.259 e. The molecule has 0 fully saturated rings. The molecule has 0 aliphatic carbocycles. The standard InChI is InChI=1S/C21H25N2O/c1-23(2,3)16-15-22-20(14-13-17-9-5-4-6-10-17)18-11-7-8-12-19(18)21(22)24/h4-12,14H,13,15-16H2,1-3H3/q+1/b20-14+. The fourth-order valence-electron chi connectivity index (χ4n) is 2.96. The summed E-state index contributed by atoms with van der Waals surface area (Å²) < 4.78 is 0.839. The summed E-state index contributed by atoms with van der Waals surface area (Å²) in [5.41, 5.74) is 4.18. The SMILES string of the molecule is C[N+](C)(C)CCN1C(=O)c2ccccc2/C1=C\Cc1ccccc1. The van der Waals surface area contributed by atoms with Gasteiger partial charge in [0.15, 0.2) is 0 Å². The van der Waals surface area contributed by atoms with Gasteiger partial charge in [-0.15, -0.1) is 0 Å². The Bertz CT molecular complexity index is 757. The summed E-state index contributed by atoms with van der Waals surface area (Å²) >= 11 is 0. The summed E-state index contributed by atoms with van der Waals surface area (Å²) in [4.78, 5) is 14.8. The molecule has 3 rings (SSSR count). The lowest BCUT2D eigenvalue weighted by atomic mass is 10.1. The number of carbonyl (C=O) groups excluding carboxylic acids is 1. The second kappa shape index (κ2) is 6.62. The van der Waals surface area contributed by atoms with E-state index in [1.807, 2.05) is 29.2 Å². The third-order valence-electron chi connectivity index (χ3n) is 4.34. The number of nitrogens with zero attached hydrogens (tertiary/aromatic N) is 2. The van der Waals surface area contributed by atoms with E-state index in [-0.39, 0.29) is 5.91 Å². The van der Waals surface area contributed by atoms with Crippen molar-refractivity contribution in [3.63, 3.8) is 0 Å². The van der Waals surface area contributed by atoms with Crippen molar-refractivity contribution in [2.75, 3.05) is 34.2 Å². The number of amides is 1. The highest BCUT2D eigenvalue weighted by molar-refractivity contribution is 6.09. The molecule has 0 atom stereocenters. The molecule has 0 saturated carbocycles. The Morgan fingerprint density at radius 1 is 0.917 bits per heavy atom. The predicted molar refractivity (Wildman–Crippen MR) is 98.5 cm³/mol. The van der Waals surface area contributed by atoms with Gasteiger partial charge in [0, 0.05) is 16.8 Å². The molecule has 1 aliphatic rings. The molecule has 3 heteroatoms. The Hall–Kier alpha value is -2.39. The van der Waals surface area contributed by atoms with Crippen LogP contribution in [0.25, 0.3) is 5.70 Å². The highest BCUT2D eigenvalue weighted by Gasteiger charge is 2.32. The fourth-order valence-corrected chi connectivity index (χ4v) is 2.96. The van der Waals surface area contributed by atoms with Gasteiger partial charge in [-0.25, -0.2) is 0 Å². The lowest BCUT2D eigenvalue weighted by Gasteiger charge is -2.27. The van der Waals surface area contributed by atoms with Crippen molar-refractivity contribution in [2.45, 2.75) is 6.42 Å². The van der Waals surface area contributed by atoms with E-state index in [0.717, 1.165) is 40.8 Å². The van der Waals surface area contributed by atoms with Crippen LogP contribution in [0.1, 0.15) is 21.5 Å². The van der Waals surface area contributed by atoms with Crippen molar-refractivity contribution in [3.8, 4) is 0 Å². The van der Waals surface area contributed by atoms with Crippen LogP contribution in [0, 0.1) is 0 Å². The molecule has 3 nitrogen and oxygen atoms in total. The minimum atomic E-state index is 0.123. The van der Waals surface area contributed by atoms with Crippen LogP contribution in [0.4, 0.5) is 0 Å². The van der Waals surface area contributed by atoms with Crippen molar-refractivity contribution in [3.05, 3.63) is 77.4 Å². The van der Waals surface area contributed by atoms with Gasteiger partial charge in [-0.1, -0.05) is 54.6 Å². The van der Waals surface area contributed by atoms with Crippen molar-refractivity contribution < 1.29 is 9.28 Å². The molecule has 0 aromatic heterocycles. The molecular weight excluding hydrogens is 296 g/mol. The highest BCUT2D eigenvalue weighted by Crippen LogP contribution is 2.32. The Morgan fingerprint density at radius 3 is 2.21 bits per heavy atom. The number of benzene rings is 2. The van der Waals surface area contributed by atoms with Crippen LogP contribution in [-0.4, -0.2) is 49.5 Å². The summed E-state index contributed by atoms with van der Waals surface area (Å²) in [6, 6.07) is 18.3. The van der Waals surface area contributed by atoms with Crippen LogP contribution < -0.4 is 0 Å². The van der Waals surface area contributed by atoms with Crippen LogP contribution >= 0.6 is 0 Å². The van der Waals surface area contributed by atoms with E-state index in [2.05, 4.69) is 57.6 Å². The summed E-state index contributed by atoms with van der Waals surface area (Å²) in [5, 5.41) is 0. The van der Waals surface area contributed by atoms with Crippen LogP contribution in [0.2, 0.25) is 0 Å². The van der Waals surface area contributed by atoms with Crippen LogP contribution in [-0.2, 0) is 6.42 Å². The molecule has 1 heterocycles. The molecule has 1 amide bonds. The minimum Gasteiger partial charge on any atom is -0.329 e. The predicted octanol–water partition coefficient (Wildman–Crippen LogP) is 3.43. The number of quaternary nitrogens is 1. The first-order valence-electron chi connectivity index (χ1n) is 8.41. The average Bonchev–Trinajstić information content (AvgIpc) is 2.83. The molecule has 0 saturated heterocycles. The van der Waals surface area contributed by atoms with Gasteiger partial charge < -0.3 is 9.38 Å². The molecule has 1 aliphatic heterocycles. The van der Waals surface area contributed by atoms with Crippen LogP contribution in [0.3, 0.4) is 0 Å². The lowest BCUT2D eigenvalue weighted by molar-refractivity contribution is -0.869. The van der Waals surface area contributed by atoms with Crippen molar-refractivity contribution in [2.24, 2.45) is 0 Å². The molecule has 24 heavy (non-hydrogen) atoms. The fraction of sp³-hybridized carbons (Fsp3) is 0.286. The molecule has 0 N–H and O–H groups in total. The normalized spacial score (nSPS) is 15.9. The first kappa shape index (κ1) is 16.5. The summed E-state index contributed by atoms with van der Waals surface area (Å²) in [5.74, 6) is 0.123. The second-order valence-corrected chi connectivity index (χ2v) is 7.30. The van der Waals surface area contributed by atoms with Crippen molar-refractivity contribution in [1.29, 1.82) is 0 Å². The Morgan fingerprint density at radius 2 is 1.54 bits per heavy atom. The number of fused-ring (bicyclic) bond motifs is 1. The maximum absolute atomic E-state index is 12.8. The Balaban J connectivity index is 1.90. The Labute approximate surface area is 144 Å². The molecule has 2 aromatic rings. The van der Waals surface area contributed by atoms with E-state index in [0.29, 0.717) is 0 Å². The molecule has 0 radical (unpaired) electrons. The average molecular weight is 321 g/mol. The van der Waals surface area contributed by atoms with E-state index >= 15 is 0 Å². The van der Waals surface area contributed by atoms with Gasteiger partial charge in [0.05, 0.1) is 34.2 Å². The monoisotopic (exact) mass is 321 g/mol. The van der Waals surface area contributed by atoms with Gasteiger partial charge in [0.25, 0.3) is 5.91 Å². The van der Waals surface area contributed by atoms with Gasteiger partial charge in [-0.2, -0.15) is 0 Å². The summed E-state index contributed by atoms with van der Waals surface area (Å²) in [7, 11) is 6.46. The highest BCUT2D eigenvalue weighted by atomic mass is 16.2. The largest absolute Gasteiger partial charge is 0.329 e. The van der Waals surface area contributed by atoms with Gasteiger partial charge in [0.1, 0.15) is 0 Å². The number of likely N-dealkylation sites (N-methyl/N-ethyl adjacent to an activating group) is 1.